The van der Waals surface area contributed by atoms with E-state index in [0.717, 1.165) is 0 Å². The molecule has 106 valence electrons. The van der Waals surface area contributed by atoms with Crippen molar-refractivity contribution in [2.24, 2.45) is 5.84 Å². The highest BCUT2D eigenvalue weighted by Crippen LogP contribution is 2.28. The Hall–Kier alpha value is -1.92. The van der Waals surface area contributed by atoms with Crippen LogP contribution in [0, 0.1) is 12.7 Å². The first-order valence-electron chi connectivity index (χ1n) is 6.02. The third kappa shape index (κ3) is 2.97. The fourth-order valence-corrected chi connectivity index (χ4v) is 1.71. The number of nitrogens with two attached hydrogens (primary N) is 1. The van der Waals surface area contributed by atoms with E-state index in [-0.39, 0.29) is 5.02 Å². The molecular weight excluding hydrogens is 283 g/mol. The predicted octanol–water partition coefficient (Wildman–Crippen LogP) is 3.22. The second-order valence-electron chi connectivity index (χ2n) is 4.09. The molecule has 0 aliphatic heterocycles. The summed E-state index contributed by atoms with van der Waals surface area (Å²) in [6, 6.07) is 4.19. The molecule has 0 aliphatic carbocycles. The molecule has 20 heavy (non-hydrogen) atoms. The van der Waals surface area contributed by atoms with Gasteiger partial charge in [0.05, 0.1) is 10.6 Å². The van der Waals surface area contributed by atoms with Crippen LogP contribution >= 0.6 is 11.6 Å². The summed E-state index contributed by atoms with van der Waals surface area (Å²) in [5, 5.41) is 0.0373. The Balaban J connectivity index is 2.39. The zero-order chi connectivity index (χ0) is 14.7. The number of nitrogens with zero attached hydrogens (tertiary/aromatic N) is 2. The summed E-state index contributed by atoms with van der Waals surface area (Å²) in [4.78, 5) is 8.48. The molecule has 3 N–H and O–H groups in total. The van der Waals surface area contributed by atoms with Crippen LogP contribution in [0.25, 0.3) is 0 Å². The number of nitrogen functional groups attached to an aromatic ring is 1. The number of ether oxygens (including phenoxy) is 1. The third-order valence-electron chi connectivity index (χ3n) is 2.71. The minimum absolute atomic E-state index is 0.0373. The number of halogens is 2. The monoisotopic (exact) mass is 296 g/mol. The number of anilines is 1. The molecule has 0 saturated heterocycles. The number of benzene rings is 1. The molecule has 0 amide bonds. The van der Waals surface area contributed by atoms with Crippen LogP contribution in [0.5, 0.6) is 11.6 Å². The fourth-order valence-electron chi connectivity index (χ4n) is 1.59. The standard InChI is InChI=1S/C13H14ClFN4O/c1-3-11-17-12(19-16)7(2)13(18-11)20-8-4-5-9(14)10(15)6-8/h4-6H,3,16H2,1-2H3,(H,17,18,19). The topological polar surface area (TPSA) is 73.1 Å². The van der Waals surface area contributed by atoms with Crippen molar-refractivity contribution in [1.82, 2.24) is 9.97 Å². The van der Waals surface area contributed by atoms with Gasteiger partial charge >= 0.3 is 0 Å². The number of hydrogen-bond acceptors (Lipinski definition) is 5. The molecule has 0 saturated carbocycles. The van der Waals surface area contributed by atoms with E-state index in [1.165, 1.54) is 12.1 Å². The van der Waals surface area contributed by atoms with Gasteiger partial charge in [0, 0.05) is 12.5 Å². The normalized spacial score (nSPS) is 10.4. The molecule has 0 radical (unpaired) electrons. The predicted molar refractivity (Wildman–Crippen MR) is 75.4 cm³/mol. The Labute approximate surface area is 120 Å². The zero-order valence-electron chi connectivity index (χ0n) is 11.1. The van der Waals surface area contributed by atoms with Crippen LogP contribution in [-0.2, 0) is 6.42 Å². The van der Waals surface area contributed by atoms with Gasteiger partial charge in [-0.1, -0.05) is 18.5 Å². The highest BCUT2D eigenvalue weighted by molar-refractivity contribution is 6.30. The third-order valence-corrected chi connectivity index (χ3v) is 3.01. The maximum Gasteiger partial charge on any atom is 0.227 e. The smallest absolute Gasteiger partial charge is 0.227 e. The number of aromatic nitrogens is 2. The van der Waals surface area contributed by atoms with Crippen molar-refractivity contribution >= 4 is 17.4 Å². The molecule has 1 aromatic heterocycles. The lowest BCUT2D eigenvalue weighted by atomic mass is 10.3. The molecule has 7 heteroatoms. The quantitative estimate of drug-likeness (QED) is 0.669. The SMILES string of the molecule is CCc1nc(NN)c(C)c(Oc2ccc(Cl)c(F)c2)n1. The van der Waals surface area contributed by atoms with Gasteiger partial charge in [-0.25, -0.2) is 15.2 Å². The molecule has 1 heterocycles. The van der Waals surface area contributed by atoms with E-state index in [2.05, 4.69) is 15.4 Å². The van der Waals surface area contributed by atoms with Gasteiger partial charge < -0.3 is 10.2 Å². The number of aryl methyl sites for hydroxylation is 1. The van der Waals surface area contributed by atoms with Crippen LogP contribution in [0.2, 0.25) is 5.02 Å². The van der Waals surface area contributed by atoms with E-state index in [1.54, 1.807) is 13.0 Å². The van der Waals surface area contributed by atoms with Crippen LogP contribution in [0.1, 0.15) is 18.3 Å². The average Bonchev–Trinajstić information content (AvgIpc) is 2.45. The van der Waals surface area contributed by atoms with Gasteiger partial charge in [0.15, 0.2) is 0 Å². The second-order valence-corrected chi connectivity index (χ2v) is 4.50. The molecule has 2 rings (SSSR count). The van der Waals surface area contributed by atoms with E-state index < -0.39 is 5.82 Å². The Morgan fingerprint density at radius 2 is 2.15 bits per heavy atom. The first kappa shape index (κ1) is 14.5. The molecule has 2 aromatic rings. The Kier molecular flexibility index (Phi) is 4.36. The molecule has 0 unspecified atom stereocenters. The van der Waals surface area contributed by atoms with Crippen molar-refractivity contribution in [3.05, 3.63) is 40.4 Å². The highest BCUT2D eigenvalue weighted by Gasteiger charge is 2.12. The number of hydrazine groups is 1. The number of nitrogens with one attached hydrogen (secondary N) is 1. The second kappa shape index (κ2) is 6.02. The largest absolute Gasteiger partial charge is 0.438 e. The van der Waals surface area contributed by atoms with Gasteiger partial charge in [0.1, 0.15) is 23.2 Å². The van der Waals surface area contributed by atoms with Crippen molar-refractivity contribution in [2.75, 3.05) is 5.43 Å². The van der Waals surface area contributed by atoms with Crippen LogP contribution in [0.4, 0.5) is 10.2 Å². The summed E-state index contributed by atoms with van der Waals surface area (Å²) in [7, 11) is 0. The first-order valence-corrected chi connectivity index (χ1v) is 6.40. The summed E-state index contributed by atoms with van der Waals surface area (Å²) in [5.74, 6) is 6.54. The number of rotatable bonds is 4. The van der Waals surface area contributed by atoms with Crippen LogP contribution in [0.3, 0.4) is 0 Å². The first-order chi connectivity index (χ1) is 9.55. The van der Waals surface area contributed by atoms with Crippen molar-refractivity contribution in [3.8, 4) is 11.6 Å². The van der Waals surface area contributed by atoms with Gasteiger partial charge in [0.2, 0.25) is 5.88 Å². The van der Waals surface area contributed by atoms with Crippen molar-refractivity contribution in [1.29, 1.82) is 0 Å². The Morgan fingerprint density at radius 1 is 1.40 bits per heavy atom. The minimum Gasteiger partial charge on any atom is -0.438 e. The van der Waals surface area contributed by atoms with Gasteiger partial charge in [-0.15, -0.1) is 0 Å². The van der Waals surface area contributed by atoms with Crippen molar-refractivity contribution in [2.45, 2.75) is 20.3 Å². The van der Waals surface area contributed by atoms with Gasteiger partial charge in [-0.3, -0.25) is 0 Å². The summed E-state index contributed by atoms with van der Waals surface area (Å²) < 4.78 is 19.0. The summed E-state index contributed by atoms with van der Waals surface area (Å²) in [5.41, 5.74) is 3.13. The van der Waals surface area contributed by atoms with Gasteiger partial charge in [0.25, 0.3) is 0 Å². The van der Waals surface area contributed by atoms with Crippen molar-refractivity contribution < 1.29 is 9.13 Å². The van der Waals surface area contributed by atoms with Crippen LogP contribution in [-0.4, -0.2) is 9.97 Å². The van der Waals surface area contributed by atoms with E-state index in [4.69, 9.17) is 22.2 Å². The van der Waals surface area contributed by atoms with E-state index in [9.17, 15) is 4.39 Å². The lowest BCUT2D eigenvalue weighted by Crippen LogP contribution is -2.13. The molecule has 0 bridgehead atoms. The van der Waals surface area contributed by atoms with Crippen LogP contribution in [0.15, 0.2) is 18.2 Å². The van der Waals surface area contributed by atoms with Gasteiger partial charge in [-0.2, -0.15) is 4.98 Å². The number of hydrogen-bond donors (Lipinski definition) is 2. The lowest BCUT2D eigenvalue weighted by molar-refractivity contribution is 0.450. The fraction of sp³-hybridized carbons (Fsp3) is 0.231. The zero-order valence-corrected chi connectivity index (χ0v) is 11.8. The van der Waals surface area contributed by atoms with E-state index >= 15 is 0 Å². The molecule has 5 nitrogen and oxygen atoms in total. The average molecular weight is 297 g/mol. The highest BCUT2D eigenvalue weighted by atomic mass is 35.5. The lowest BCUT2D eigenvalue weighted by Gasteiger charge is -2.12. The van der Waals surface area contributed by atoms with Crippen LogP contribution < -0.4 is 16.0 Å². The maximum atomic E-state index is 13.4. The van der Waals surface area contributed by atoms with Crippen molar-refractivity contribution in [3.63, 3.8) is 0 Å². The van der Waals surface area contributed by atoms with Gasteiger partial charge in [-0.05, 0) is 19.1 Å². The van der Waals surface area contributed by atoms with E-state index in [0.29, 0.717) is 35.3 Å². The Morgan fingerprint density at radius 3 is 2.75 bits per heavy atom. The molecule has 0 atom stereocenters. The van der Waals surface area contributed by atoms with E-state index in [1.807, 2.05) is 6.92 Å². The minimum atomic E-state index is -0.552. The molecule has 0 spiro atoms. The molecular formula is C13H14ClFN4O. The molecule has 1 aromatic carbocycles. The maximum absolute atomic E-state index is 13.4. The molecule has 0 fully saturated rings. The molecule has 0 aliphatic rings. The Bertz CT molecular complexity index is 636. The summed E-state index contributed by atoms with van der Waals surface area (Å²) >= 11 is 5.63. The summed E-state index contributed by atoms with van der Waals surface area (Å²) in [6.07, 6.45) is 0.625. The summed E-state index contributed by atoms with van der Waals surface area (Å²) in [6.45, 7) is 3.67.